The molecule has 0 aliphatic carbocycles. The number of aromatic amines is 1. The van der Waals surface area contributed by atoms with E-state index >= 15 is 0 Å². The summed E-state index contributed by atoms with van der Waals surface area (Å²) >= 11 is 0. The molecule has 0 fully saturated rings. The molecular weight excluding hydrogens is 172 g/mol. The van der Waals surface area contributed by atoms with Gasteiger partial charge >= 0.3 is 5.97 Å². The number of carboxylic acid groups (broad SMARTS) is 1. The van der Waals surface area contributed by atoms with Crippen LogP contribution in [-0.4, -0.2) is 16.1 Å². The molecule has 1 rings (SSSR count). The van der Waals surface area contributed by atoms with Crippen molar-refractivity contribution < 1.29 is 9.90 Å². The van der Waals surface area contributed by atoms with Gasteiger partial charge in [-0.15, -0.1) is 0 Å². The Balaban J connectivity index is 3.20. The summed E-state index contributed by atoms with van der Waals surface area (Å²) < 4.78 is 0. The average Bonchev–Trinajstić information content (AvgIpc) is 1.98. The van der Waals surface area contributed by atoms with Crippen LogP contribution in [0.15, 0.2) is 10.9 Å². The molecule has 13 heavy (non-hydrogen) atoms. The third-order valence-electron chi connectivity index (χ3n) is 1.63. The second-order valence-corrected chi connectivity index (χ2v) is 2.79. The predicted octanol–water partition coefficient (Wildman–Crippen LogP) is -0.107. The number of aryl methyl sites for hydroxylation is 1. The highest BCUT2D eigenvalue weighted by Crippen LogP contribution is 2.07. The van der Waals surface area contributed by atoms with Gasteiger partial charge in [0.2, 0.25) is 0 Å². The van der Waals surface area contributed by atoms with Gasteiger partial charge in [0, 0.05) is 5.69 Å². The van der Waals surface area contributed by atoms with Gasteiger partial charge in [0.05, 0.1) is 6.42 Å². The summed E-state index contributed by atoms with van der Waals surface area (Å²) in [5, 5.41) is 8.51. The Morgan fingerprint density at radius 2 is 2.31 bits per heavy atom. The number of pyridine rings is 1. The van der Waals surface area contributed by atoms with E-state index in [1.807, 2.05) is 0 Å². The average molecular weight is 182 g/mol. The Labute approximate surface area is 74.2 Å². The van der Waals surface area contributed by atoms with Gasteiger partial charge in [-0.05, 0) is 18.6 Å². The molecule has 0 radical (unpaired) electrons. The Kier molecular flexibility index (Phi) is 2.36. The lowest BCUT2D eigenvalue weighted by molar-refractivity contribution is -0.136. The van der Waals surface area contributed by atoms with E-state index in [-0.39, 0.29) is 12.1 Å². The Morgan fingerprint density at radius 1 is 1.69 bits per heavy atom. The fourth-order valence-electron chi connectivity index (χ4n) is 1.08. The van der Waals surface area contributed by atoms with Crippen molar-refractivity contribution in [1.82, 2.24) is 4.98 Å². The van der Waals surface area contributed by atoms with Gasteiger partial charge in [0.25, 0.3) is 5.56 Å². The van der Waals surface area contributed by atoms with E-state index < -0.39 is 11.5 Å². The largest absolute Gasteiger partial charge is 0.481 e. The third-order valence-corrected chi connectivity index (χ3v) is 1.63. The number of aromatic nitrogens is 1. The van der Waals surface area contributed by atoms with Crippen molar-refractivity contribution in [2.45, 2.75) is 13.3 Å². The normalized spacial score (nSPS) is 9.92. The summed E-state index contributed by atoms with van der Waals surface area (Å²) in [5.74, 6) is -1.00. The fraction of sp³-hybridized carbons (Fsp3) is 0.250. The molecule has 0 aliphatic heterocycles. The second-order valence-electron chi connectivity index (χ2n) is 2.79. The summed E-state index contributed by atoms with van der Waals surface area (Å²) in [7, 11) is 0. The number of rotatable bonds is 2. The molecule has 5 heteroatoms. The Hall–Kier alpha value is -1.78. The molecule has 0 atom stereocenters. The van der Waals surface area contributed by atoms with Crippen LogP contribution in [0.5, 0.6) is 0 Å². The van der Waals surface area contributed by atoms with Crippen LogP contribution < -0.4 is 11.3 Å². The lowest BCUT2D eigenvalue weighted by Crippen LogP contribution is -2.17. The first-order valence-corrected chi connectivity index (χ1v) is 3.70. The SMILES string of the molecule is Cc1cc(CC(=O)O)c(N)c(=O)[nH]1. The van der Waals surface area contributed by atoms with Crippen molar-refractivity contribution in [3.8, 4) is 0 Å². The molecule has 0 spiro atoms. The van der Waals surface area contributed by atoms with Gasteiger partial charge in [0.15, 0.2) is 0 Å². The molecule has 1 aromatic rings. The van der Waals surface area contributed by atoms with E-state index in [1.165, 1.54) is 0 Å². The molecule has 1 heterocycles. The quantitative estimate of drug-likeness (QED) is 0.594. The monoisotopic (exact) mass is 182 g/mol. The molecule has 0 unspecified atom stereocenters. The number of hydrogen-bond donors (Lipinski definition) is 3. The minimum absolute atomic E-state index is 0.0204. The van der Waals surface area contributed by atoms with Crippen LogP contribution in [0.4, 0.5) is 5.69 Å². The van der Waals surface area contributed by atoms with Crippen molar-refractivity contribution in [2.75, 3.05) is 5.73 Å². The van der Waals surface area contributed by atoms with Crippen molar-refractivity contribution in [1.29, 1.82) is 0 Å². The zero-order chi connectivity index (χ0) is 10.0. The maximum Gasteiger partial charge on any atom is 0.307 e. The Morgan fingerprint density at radius 3 is 2.85 bits per heavy atom. The standard InChI is InChI=1S/C8H10N2O3/c1-4-2-5(3-6(11)12)7(9)8(13)10-4/h2H,3,9H2,1H3,(H,10,13)(H,11,12). The van der Waals surface area contributed by atoms with Gasteiger partial charge < -0.3 is 15.8 Å². The van der Waals surface area contributed by atoms with Crippen molar-refractivity contribution in [2.24, 2.45) is 0 Å². The van der Waals surface area contributed by atoms with Gasteiger partial charge in [-0.25, -0.2) is 0 Å². The fourth-order valence-corrected chi connectivity index (χ4v) is 1.08. The maximum atomic E-state index is 11.1. The van der Waals surface area contributed by atoms with E-state index in [2.05, 4.69) is 4.98 Å². The molecule has 0 amide bonds. The van der Waals surface area contributed by atoms with E-state index in [1.54, 1.807) is 13.0 Å². The molecule has 0 saturated heterocycles. The zero-order valence-electron chi connectivity index (χ0n) is 7.13. The summed E-state index contributed by atoms with van der Waals surface area (Å²) in [4.78, 5) is 23.9. The van der Waals surface area contributed by atoms with Crippen LogP contribution in [0.2, 0.25) is 0 Å². The van der Waals surface area contributed by atoms with Crippen LogP contribution in [0.1, 0.15) is 11.3 Å². The van der Waals surface area contributed by atoms with Gasteiger partial charge in [-0.2, -0.15) is 0 Å². The minimum Gasteiger partial charge on any atom is -0.481 e. The first-order valence-electron chi connectivity index (χ1n) is 3.70. The number of nitrogen functional groups attached to an aromatic ring is 1. The molecule has 0 bridgehead atoms. The molecular formula is C8H10N2O3. The summed E-state index contributed by atoms with van der Waals surface area (Å²) in [6.45, 7) is 1.67. The molecule has 0 saturated carbocycles. The molecule has 70 valence electrons. The van der Waals surface area contributed by atoms with Gasteiger partial charge in [-0.1, -0.05) is 0 Å². The second kappa shape index (κ2) is 3.30. The third kappa shape index (κ3) is 2.08. The van der Waals surface area contributed by atoms with E-state index in [0.29, 0.717) is 11.3 Å². The molecule has 0 aliphatic rings. The number of aliphatic carboxylic acids is 1. The van der Waals surface area contributed by atoms with Crippen molar-refractivity contribution >= 4 is 11.7 Å². The lowest BCUT2D eigenvalue weighted by Gasteiger charge is -2.02. The minimum atomic E-state index is -1.00. The van der Waals surface area contributed by atoms with Crippen molar-refractivity contribution in [3.63, 3.8) is 0 Å². The highest BCUT2D eigenvalue weighted by Gasteiger charge is 2.07. The number of H-pyrrole nitrogens is 1. The molecule has 1 aromatic heterocycles. The topological polar surface area (TPSA) is 96.2 Å². The van der Waals surface area contributed by atoms with E-state index in [0.717, 1.165) is 0 Å². The smallest absolute Gasteiger partial charge is 0.307 e. The number of nitrogens with one attached hydrogen (secondary N) is 1. The van der Waals surface area contributed by atoms with E-state index in [4.69, 9.17) is 10.8 Å². The highest BCUT2D eigenvalue weighted by molar-refractivity contribution is 5.72. The van der Waals surface area contributed by atoms with Crippen LogP contribution in [0.3, 0.4) is 0 Å². The summed E-state index contributed by atoms with van der Waals surface area (Å²) in [6.07, 6.45) is -0.226. The first-order chi connectivity index (χ1) is 6.00. The summed E-state index contributed by atoms with van der Waals surface area (Å²) in [6, 6.07) is 1.56. The Bertz CT molecular complexity index is 395. The van der Waals surface area contributed by atoms with Crippen LogP contribution >= 0.6 is 0 Å². The molecule has 4 N–H and O–H groups in total. The first kappa shape index (κ1) is 9.31. The number of anilines is 1. The predicted molar refractivity (Wildman–Crippen MR) is 47.6 cm³/mol. The number of carboxylic acids is 1. The van der Waals surface area contributed by atoms with Crippen LogP contribution in [0.25, 0.3) is 0 Å². The highest BCUT2D eigenvalue weighted by atomic mass is 16.4. The van der Waals surface area contributed by atoms with E-state index in [9.17, 15) is 9.59 Å². The molecule has 5 nitrogen and oxygen atoms in total. The molecule has 0 aromatic carbocycles. The van der Waals surface area contributed by atoms with Crippen LogP contribution in [0, 0.1) is 6.92 Å². The van der Waals surface area contributed by atoms with Gasteiger partial charge in [0.1, 0.15) is 5.69 Å². The van der Waals surface area contributed by atoms with Crippen molar-refractivity contribution in [3.05, 3.63) is 27.7 Å². The number of carbonyl (C=O) groups is 1. The zero-order valence-corrected chi connectivity index (χ0v) is 7.13. The van der Waals surface area contributed by atoms with Gasteiger partial charge in [-0.3, -0.25) is 9.59 Å². The summed E-state index contributed by atoms with van der Waals surface area (Å²) in [5.41, 5.74) is 5.90. The number of nitrogens with two attached hydrogens (primary N) is 1. The number of hydrogen-bond acceptors (Lipinski definition) is 3. The lowest BCUT2D eigenvalue weighted by atomic mass is 10.1. The van der Waals surface area contributed by atoms with Crippen LogP contribution in [-0.2, 0) is 11.2 Å². The maximum absolute atomic E-state index is 11.1.